The number of Topliss-reactive ketones (excluding diaryl/α,β-unsaturated/α-hetero) is 1. The van der Waals surface area contributed by atoms with E-state index < -0.39 is 16.4 Å². The fraction of sp³-hybridized carbons (Fsp3) is 0.375. The second-order valence-electron chi connectivity index (χ2n) is 9.18. The maximum Gasteiger partial charge on any atom is 0.261 e. The van der Waals surface area contributed by atoms with Crippen LogP contribution in [0.5, 0.6) is 0 Å². The normalized spacial score (nSPS) is 12.2. The fourth-order valence-electron chi connectivity index (χ4n) is 3.38. The van der Waals surface area contributed by atoms with Gasteiger partial charge in [-0.05, 0) is 21.3 Å². The molecule has 0 unspecified atom stereocenters. The van der Waals surface area contributed by atoms with Gasteiger partial charge in [0.2, 0.25) is 5.78 Å². The van der Waals surface area contributed by atoms with E-state index in [2.05, 4.69) is 100 Å². The van der Waals surface area contributed by atoms with Gasteiger partial charge in [-0.2, -0.15) is 0 Å². The van der Waals surface area contributed by atoms with Gasteiger partial charge in [0, 0.05) is 13.0 Å². The molecule has 0 spiro atoms. The van der Waals surface area contributed by atoms with Gasteiger partial charge >= 0.3 is 0 Å². The van der Waals surface area contributed by atoms with E-state index in [9.17, 15) is 4.79 Å². The molecule has 0 heterocycles. The molecular weight excluding hydrogens is 376 g/mol. The summed E-state index contributed by atoms with van der Waals surface area (Å²) in [6, 6.07) is 21.0. The molecule has 2 rings (SSSR count). The molecule has 0 radical (unpaired) electrons. The Morgan fingerprint density at radius 3 is 1.75 bits per heavy atom. The van der Waals surface area contributed by atoms with E-state index in [1.807, 2.05) is 12.1 Å². The number of ketones is 1. The molecule has 0 N–H and O–H groups in total. The average Bonchev–Trinajstić information content (AvgIpc) is 2.63. The van der Waals surface area contributed by atoms with Crippen molar-refractivity contribution in [2.24, 2.45) is 0 Å². The zero-order valence-corrected chi connectivity index (χ0v) is 20.0. The van der Waals surface area contributed by atoms with Gasteiger partial charge in [-0.3, -0.25) is 4.79 Å². The molecule has 4 heteroatoms. The maximum absolute atomic E-state index is 12.3. The fourth-order valence-corrected chi connectivity index (χ4v) is 8.46. The van der Waals surface area contributed by atoms with Crippen molar-refractivity contribution in [2.45, 2.75) is 51.9 Å². The first kappa shape index (κ1) is 22.4. The third-order valence-corrected chi connectivity index (χ3v) is 10.6. The van der Waals surface area contributed by atoms with Crippen LogP contribution in [-0.2, 0) is 9.22 Å². The minimum Gasteiger partial charge on any atom is -0.407 e. The average molecular weight is 409 g/mol. The minimum absolute atomic E-state index is 0.0274. The largest absolute Gasteiger partial charge is 0.407 e. The van der Waals surface area contributed by atoms with Crippen molar-refractivity contribution in [1.29, 1.82) is 0 Å². The van der Waals surface area contributed by atoms with Crippen LogP contribution in [0, 0.1) is 11.5 Å². The van der Waals surface area contributed by atoms with Gasteiger partial charge in [-0.1, -0.05) is 101 Å². The van der Waals surface area contributed by atoms with E-state index in [1.165, 1.54) is 10.4 Å². The van der Waals surface area contributed by atoms with Gasteiger partial charge in [0.1, 0.15) is 8.07 Å². The Kier molecular flexibility index (Phi) is 7.22. The minimum atomic E-state index is -2.57. The van der Waals surface area contributed by atoms with Crippen LogP contribution in [0.25, 0.3) is 0 Å². The number of rotatable bonds is 6. The second kappa shape index (κ2) is 9.04. The van der Waals surface area contributed by atoms with Crippen LogP contribution in [0.3, 0.4) is 0 Å². The molecule has 0 saturated heterocycles. The van der Waals surface area contributed by atoms with Gasteiger partial charge in [-0.15, -0.1) is 5.54 Å². The van der Waals surface area contributed by atoms with Gasteiger partial charge in [0.15, 0.2) is 0 Å². The molecule has 0 aliphatic heterocycles. The van der Waals surface area contributed by atoms with Crippen molar-refractivity contribution in [1.82, 2.24) is 0 Å². The van der Waals surface area contributed by atoms with Gasteiger partial charge in [0.25, 0.3) is 8.32 Å². The summed E-state index contributed by atoms with van der Waals surface area (Å²) >= 11 is 0. The molecule has 0 amide bonds. The predicted molar refractivity (Wildman–Crippen MR) is 124 cm³/mol. The van der Waals surface area contributed by atoms with Crippen LogP contribution in [0.1, 0.15) is 27.2 Å². The van der Waals surface area contributed by atoms with Crippen LogP contribution >= 0.6 is 0 Å². The molecule has 2 aromatic rings. The lowest BCUT2D eigenvalue weighted by molar-refractivity contribution is -0.114. The van der Waals surface area contributed by atoms with Crippen molar-refractivity contribution < 1.29 is 9.22 Å². The van der Waals surface area contributed by atoms with Crippen molar-refractivity contribution in [3.8, 4) is 11.5 Å². The smallest absolute Gasteiger partial charge is 0.261 e. The monoisotopic (exact) mass is 408 g/mol. The molecule has 0 atom stereocenters. The summed E-state index contributed by atoms with van der Waals surface area (Å²) in [6.45, 7) is 13.6. The highest BCUT2D eigenvalue weighted by Gasteiger charge is 2.50. The van der Waals surface area contributed by atoms with Gasteiger partial charge < -0.3 is 4.43 Å². The predicted octanol–water partition coefficient (Wildman–Crippen LogP) is 4.40. The lowest BCUT2D eigenvalue weighted by Gasteiger charge is -2.43. The van der Waals surface area contributed by atoms with E-state index >= 15 is 0 Å². The molecule has 2 aromatic carbocycles. The number of hydrogen-bond acceptors (Lipinski definition) is 2. The SMILES string of the molecule is CC(C)(C)[Si](OCCC(=O)C#C[Si](C)(C)C)(c1ccccc1)c1ccccc1. The molecule has 0 aliphatic carbocycles. The van der Waals surface area contributed by atoms with E-state index in [-0.39, 0.29) is 10.8 Å². The van der Waals surface area contributed by atoms with Crippen molar-refractivity contribution in [2.75, 3.05) is 6.61 Å². The van der Waals surface area contributed by atoms with Crippen LogP contribution < -0.4 is 10.4 Å². The van der Waals surface area contributed by atoms with E-state index in [0.717, 1.165) is 0 Å². The topological polar surface area (TPSA) is 26.3 Å². The first-order valence-corrected chi connectivity index (χ1v) is 15.3. The van der Waals surface area contributed by atoms with Crippen LogP contribution in [0.15, 0.2) is 60.7 Å². The molecular formula is C24H32O2Si2. The zero-order valence-electron chi connectivity index (χ0n) is 18.0. The summed E-state index contributed by atoms with van der Waals surface area (Å²) in [7, 11) is -4.11. The Balaban J connectivity index is 2.37. The highest BCUT2D eigenvalue weighted by atomic mass is 28.4. The number of carbonyl (C=O) groups excluding carboxylic acids is 1. The Hall–Kier alpha value is -1.94. The lowest BCUT2D eigenvalue weighted by atomic mass is 10.2. The Morgan fingerprint density at radius 1 is 0.893 bits per heavy atom. The lowest BCUT2D eigenvalue weighted by Crippen LogP contribution is -2.66. The van der Waals surface area contributed by atoms with Gasteiger partial charge in [0.05, 0.1) is 0 Å². The summed E-state index contributed by atoms with van der Waals surface area (Å²) in [6.07, 6.45) is 0.335. The van der Waals surface area contributed by atoms with Crippen LogP contribution in [-0.4, -0.2) is 28.8 Å². The summed E-state index contributed by atoms with van der Waals surface area (Å²) in [4.78, 5) is 12.3. The molecule has 0 fully saturated rings. The molecule has 0 aliphatic rings. The summed E-state index contributed by atoms with van der Waals surface area (Å²) in [5.74, 6) is 2.81. The van der Waals surface area contributed by atoms with Crippen LogP contribution in [0.2, 0.25) is 24.7 Å². The van der Waals surface area contributed by atoms with E-state index in [0.29, 0.717) is 13.0 Å². The van der Waals surface area contributed by atoms with Crippen molar-refractivity contribution in [3.63, 3.8) is 0 Å². The zero-order chi connectivity index (χ0) is 20.8. The summed E-state index contributed by atoms with van der Waals surface area (Å²) < 4.78 is 6.73. The molecule has 2 nitrogen and oxygen atoms in total. The Morgan fingerprint density at radius 2 is 1.36 bits per heavy atom. The van der Waals surface area contributed by atoms with Crippen molar-refractivity contribution >= 4 is 32.5 Å². The summed E-state index contributed by atoms with van der Waals surface area (Å²) in [5.41, 5.74) is 3.16. The quantitative estimate of drug-likeness (QED) is 0.523. The molecule has 0 aromatic heterocycles. The van der Waals surface area contributed by atoms with E-state index in [4.69, 9.17) is 4.43 Å². The third kappa shape index (κ3) is 5.54. The number of carbonyl (C=O) groups is 1. The van der Waals surface area contributed by atoms with Crippen molar-refractivity contribution in [3.05, 3.63) is 60.7 Å². The first-order chi connectivity index (χ1) is 13.1. The second-order valence-corrected chi connectivity index (χ2v) is 18.2. The first-order valence-electron chi connectivity index (χ1n) is 9.87. The molecule has 0 bridgehead atoms. The number of hydrogen-bond donors (Lipinski definition) is 0. The molecule has 28 heavy (non-hydrogen) atoms. The van der Waals surface area contributed by atoms with E-state index in [1.54, 1.807) is 0 Å². The Bertz CT molecular complexity index is 796. The Labute approximate surface area is 172 Å². The molecule has 148 valence electrons. The highest BCUT2D eigenvalue weighted by Crippen LogP contribution is 2.36. The summed E-state index contributed by atoms with van der Waals surface area (Å²) in [5, 5.41) is 2.38. The van der Waals surface area contributed by atoms with Crippen LogP contribution in [0.4, 0.5) is 0 Å². The van der Waals surface area contributed by atoms with Gasteiger partial charge in [-0.25, -0.2) is 0 Å². The standard InChI is InChI=1S/C24H32O2Si2/c1-24(2,3)28(22-13-9-7-10-14-22,23-15-11-8-12-16-23)26-19-17-21(25)18-20-27(4,5)6/h7-16H,17,19H2,1-6H3. The maximum atomic E-state index is 12.3. The highest BCUT2D eigenvalue weighted by molar-refractivity contribution is 6.99. The third-order valence-electron chi connectivity index (χ3n) is 4.64. The molecule has 0 saturated carbocycles. The number of benzene rings is 2.